The first-order chi connectivity index (χ1) is 9.67. The highest BCUT2D eigenvalue weighted by molar-refractivity contribution is 6.30. The zero-order valence-corrected chi connectivity index (χ0v) is 11.2. The normalized spacial score (nSPS) is 9.60. The summed E-state index contributed by atoms with van der Waals surface area (Å²) in [6, 6.07) is 15.4. The van der Waals surface area contributed by atoms with Gasteiger partial charge >= 0.3 is 0 Å². The molecule has 0 spiro atoms. The van der Waals surface area contributed by atoms with E-state index in [0.717, 1.165) is 0 Å². The highest BCUT2D eigenvalue weighted by atomic mass is 35.5. The topological polar surface area (TPSA) is 62.1 Å². The Morgan fingerprint density at radius 1 is 1.25 bits per heavy atom. The van der Waals surface area contributed by atoms with Gasteiger partial charge < -0.3 is 10.1 Å². The third-order valence-electron chi connectivity index (χ3n) is 2.46. The van der Waals surface area contributed by atoms with E-state index < -0.39 is 0 Å². The minimum atomic E-state index is -0.296. The molecule has 0 aliphatic heterocycles. The molecule has 2 aromatic carbocycles. The monoisotopic (exact) mass is 286 g/mol. The van der Waals surface area contributed by atoms with Crippen LogP contribution in [0, 0.1) is 11.3 Å². The maximum absolute atomic E-state index is 11.7. The molecular formula is C15H11ClN2O2. The summed E-state index contributed by atoms with van der Waals surface area (Å²) < 4.78 is 5.32. The summed E-state index contributed by atoms with van der Waals surface area (Å²) in [6.45, 7) is -0.113. The summed E-state index contributed by atoms with van der Waals surface area (Å²) >= 11 is 5.75. The van der Waals surface area contributed by atoms with Gasteiger partial charge in [0.25, 0.3) is 5.91 Å². The van der Waals surface area contributed by atoms with Gasteiger partial charge in [-0.1, -0.05) is 17.7 Å². The molecule has 0 unspecified atom stereocenters. The number of nitrogens with zero attached hydrogens (tertiary/aromatic N) is 1. The number of anilines is 1. The van der Waals surface area contributed by atoms with Gasteiger partial charge in [0, 0.05) is 10.7 Å². The Morgan fingerprint density at radius 2 is 2.00 bits per heavy atom. The van der Waals surface area contributed by atoms with Gasteiger partial charge in [0.2, 0.25) is 0 Å². The van der Waals surface area contributed by atoms with Crippen molar-refractivity contribution in [1.29, 1.82) is 5.26 Å². The fourth-order valence-electron chi connectivity index (χ4n) is 1.54. The second kappa shape index (κ2) is 6.60. The Bertz CT molecular complexity index is 648. The third kappa shape index (κ3) is 4.01. The van der Waals surface area contributed by atoms with E-state index in [-0.39, 0.29) is 12.5 Å². The van der Waals surface area contributed by atoms with Crippen LogP contribution in [-0.4, -0.2) is 12.5 Å². The highest BCUT2D eigenvalue weighted by Crippen LogP contribution is 2.15. The van der Waals surface area contributed by atoms with Crippen LogP contribution >= 0.6 is 11.6 Å². The molecule has 4 nitrogen and oxygen atoms in total. The van der Waals surface area contributed by atoms with Crippen molar-refractivity contribution in [1.82, 2.24) is 0 Å². The van der Waals surface area contributed by atoms with E-state index in [2.05, 4.69) is 5.32 Å². The van der Waals surface area contributed by atoms with Crippen LogP contribution in [0.3, 0.4) is 0 Å². The molecule has 0 saturated heterocycles. The third-order valence-corrected chi connectivity index (χ3v) is 2.71. The molecule has 20 heavy (non-hydrogen) atoms. The highest BCUT2D eigenvalue weighted by Gasteiger charge is 2.04. The van der Waals surface area contributed by atoms with Gasteiger partial charge in [0.15, 0.2) is 6.61 Å². The van der Waals surface area contributed by atoms with Crippen molar-refractivity contribution in [2.75, 3.05) is 11.9 Å². The average Bonchev–Trinajstić information content (AvgIpc) is 2.47. The Kier molecular flexibility index (Phi) is 4.59. The first-order valence-electron chi connectivity index (χ1n) is 5.86. The van der Waals surface area contributed by atoms with Crippen LogP contribution in [0.25, 0.3) is 0 Å². The zero-order chi connectivity index (χ0) is 14.4. The molecule has 2 rings (SSSR count). The van der Waals surface area contributed by atoms with E-state index in [9.17, 15) is 4.79 Å². The van der Waals surface area contributed by atoms with Crippen molar-refractivity contribution < 1.29 is 9.53 Å². The van der Waals surface area contributed by atoms with Crippen molar-refractivity contribution in [2.24, 2.45) is 0 Å². The number of rotatable bonds is 4. The molecule has 0 fully saturated rings. The molecule has 0 bridgehead atoms. The molecule has 5 heteroatoms. The number of ether oxygens (including phenoxy) is 1. The second-order valence-electron chi connectivity index (χ2n) is 3.98. The minimum Gasteiger partial charge on any atom is -0.484 e. The maximum atomic E-state index is 11.7. The van der Waals surface area contributed by atoms with Gasteiger partial charge in [-0.3, -0.25) is 4.79 Å². The number of benzene rings is 2. The molecule has 0 aliphatic rings. The SMILES string of the molecule is N#Cc1cccc(NC(=O)COc2ccc(Cl)cc2)c1. The quantitative estimate of drug-likeness (QED) is 0.938. The van der Waals surface area contributed by atoms with Crippen LogP contribution in [0.5, 0.6) is 5.75 Å². The number of nitrogens with one attached hydrogen (secondary N) is 1. The Balaban J connectivity index is 1.89. The molecular weight excluding hydrogens is 276 g/mol. The summed E-state index contributed by atoms with van der Waals surface area (Å²) in [6.07, 6.45) is 0. The summed E-state index contributed by atoms with van der Waals surface area (Å²) in [5.41, 5.74) is 1.05. The predicted octanol–water partition coefficient (Wildman–Crippen LogP) is 3.23. The number of carbonyl (C=O) groups excluding carboxylic acids is 1. The van der Waals surface area contributed by atoms with Gasteiger partial charge in [0.1, 0.15) is 5.75 Å². The van der Waals surface area contributed by atoms with Crippen molar-refractivity contribution in [3.05, 3.63) is 59.1 Å². The molecule has 100 valence electrons. The zero-order valence-electron chi connectivity index (χ0n) is 10.5. The lowest BCUT2D eigenvalue weighted by molar-refractivity contribution is -0.118. The molecule has 1 N–H and O–H groups in total. The van der Waals surface area contributed by atoms with Crippen molar-refractivity contribution in [3.63, 3.8) is 0 Å². The molecule has 0 aliphatic carbocycles. The second-order valence-corrected chi connectivity index (χ2v) is 4.42. The summed E-state index contributed by atoms with van der Waals surface area (Å²) in [7, 11) is 0. The molecule has 0 heterocycles. The van der Waals surface area contributed by atoms with Crippen molar-refractivity contribution in [3.8, 4) is 11.8 Å². The Labute approximate surface area is 121 Å². The van der Waals surface area contributed by atoms with Gasteiger partial charge in [0.05, 0.1) is 11.6 Å². The van der Waals surface area contributed by atoms with Crippen LogP contribution in [-0.2, 0) is 4.79 Å². The van der Waals surface area contributed by atoms with Crippen LogP contribution in [0.15, 0.2) is 48.5 Å². The largest absolute Gasteiger partial charge is 0.484 e. The molecule has 2 aromatic rings. The summed E-state index contributed by atoms with van der Waals surface area (Å²) in [5, 5.41) is 12.0. The predicted molar refractivity (Wildman–Crippen MR) is 76.7 cm³/mol. The molecule has 1 amide bonds. The van der Waals surface area contributed by atoms with Crippen molar-refractivity contribution >= 4 is 23.2 Å². The smallest absolute Gasteiger partial charge is 0.262 e. The Morgan fingerprint density at radius 3 is 2.70 bits per heavy atom. The lowest BCUT2D eigenvalue weighted by Gasteiger charge is -2.07. The maximum Gasteiger partial charge on any atom is 0.262 e. The van der Waals surface area contributed by atoms with E-state index in [0.29, 0.717) is 22.0 Å². The van der Waals surface area contributed by atoms with Gasteiger partial charge in [-0.2, -0.15) is 5.26 Å². The van der Waals surface area contributed by atoms with Crippen LogP contribution in [0.4, 0.5) is 5.69 Å². The fourth-order valence-corrected chi connectivity index (χ4v) is 1.67. The van der Waals surface area contributed by atoms with Crippen LogP contribution < -0.4 is 10.1 Å². The number of hydrogen-bond acceptors (Lipinski definition) is 3. The van der Waals surface area contributed by atoms with Gasteiger partial charge in [-0.05, 0) is 42.5 Å². The van der Waals surface area contributed by atoms with E-state index in [1.165, 1.54) is 0 Å². The van der Waals surface area contributed by atoms with E-state index in [1.54, 1.807) is 48.5 Å². The molecule has 0 atom stereocenters. The van der Waals surface area contributed by atoms with E-state index >= 15 is 0 Å². The standard InChI is InChI=1S/C15H11ClN2O2/c16-12-4-6-14(7-5-12)20-10-15(19)18-13-3-1-2-11(8-13)9-17/h1-8H,10H2,(H,18,19). The number of hydrogen-bond donors (Lipinski definition) is 1. The molecule has 0 aromatic heterocycles. The molecule has 0 radical (unpaired) electrons. The average molecular weight is 287 g/mol. The number of halogens is 1. The first kappa shape index (κ1) is 13.9. The van der Waals surface area contributed by atoms with Crippen LogP contribution in [0.1, 0.15) is 5.56 Å². The first-order valence-corrected chi connectivity index (χ1v) is 6.23. The van der Waals surface area contributed by atoms with E-state index in [1.807, 2.05) is 6.07 Å². The van der Waals surface area contributed by atoms with Gasteiger partial charge in [-0.15, -0.1) is 0 Å². The number of amides is 1. The van der Waals surface area contributed by atoms with E-state index in [4.69, 9.17) is 21.6 Å². The minimum absolute atomic E-state index is 0.113. The van der Waals surface area contributed by atoms with Crippen LogP contribution in [0.2, 0.25) is 5.02 Å². The lowest BCUT2D eigenvalue weighted by Crippen LogP contribution is -2.20. The Hall–Kier alpha value is -2.51. The number of carbonyl (C=O) groups is 1. The number of nitriles is 1. The summed E-state index contributed by atoms with van der Waals surface area (Å²) in [4.78, 5) is 11.7. The summed E-state index contributed by atoms with van der Waals surface area (Å²) in [5.74, 6) is 0.269. The van der Waals surface area contributed by atoms with Gasteiger partial charge in [-0.25, -0.2) is 0 Å². The fraction of sp³-hybridized carbons (Fsp3) is 0.0667. The van der Waals surface area contributed by atoms with Crippen molar-refractivity contribution in [2.45, 2.75) is 0 Å². The molecule has 0 saturated carbocycles. The lowest BCUT2D eigenvalue weighted by atomic mass is 10.2.